The predicted octanol–water partition coefficient (Wildman–Crippen LogP) is 3.20. The lowest BCUT2D eigenvalue weighted by Gasteiger charge is -2.27. The Balaban J connectivity index is 1.58. The molecule has 0 unspecified atom stereocenters. The second-order valence-corrected chi connectivity index (χ2v) is 8.59. The summed E-state index contributed by atoms with van der Waals surface area (Å²) in [6.07, 6.45) is 0.860. The first-order valence-electron chi connectivity index (χ1n) is 10.7. The molecule has 1 aromatic carbocycles. The monoisotopic (exact) mass is 443 g/mol. The van der Waals surface area contributed by atoms with Crippen LogP contribution in [0.25, 0.3) is 10.2 Å². The van der Waals surface area contributed by atoms with Crippen LogP contribution in [0.4, 0.5) is 5.13 Å². The summed E-state index contributed by atoms with van der Waals surface area (Å²) < 4.78 is 13.6. The predicted molar refractivity (Wildman–Crippen MR) is 122 cm³/mol. The Kier molecular flexibility index (Phi) is 6.84. The zero-order valence-electron chi connectivity index (χ0n) is 18.3. The summed E-state index contributed by atoms with van der Waals surface area (Å²) in [7, 11) is 1.65. The molecule has 0 atom stereocenters. The van der Waals surface area contributed by atoms with Gasteiger partial charge in [0, 0.05) is 38.4 Å². The number of methoxy groups -OCH3 is 1. The smallest absolute Gasteiger partial charge is 0.280 e. The third-order valence-corrected chi connectivity index (χ3v) is 6.56. The van der Waals surface area contributed by atoms with E-state index in [2.05, 4.69) is 10.00 Å². The van der Waals surface area contributed by atoms with E-state index in [1.165, 1.54) is 11.3 Å². The van der Waals surface area contributed by atoms with Crippen molar-refractivity contribution in [1.82, 2.24) is 19.7 Å². The number of aromatic nitrogens is 3. The molecule has 1 aliphatic rings. The summed E-state index contributed by atoms with van der Waals surface area (Å²) >= 11 is 1.51. The minimum Gasteiger partial charge on any atom is -0.497 e. The number of morpholine rings is 1. The summed E-state index contributed by atoms with van der Waals surface area (Å²) in [5, 5.41) is 5.20. The van der Waals surface area contributed by atoms with Crippen molar-refractivity contribution in [2.24, 2.45) is 0 Å². The number of anilines is 1. The summed E-state index contributed by atoms with van der Waals surface area (Å²) in [4.78, 5) is 22.4. The molecule has 3 aromatic rings. The molecule has 166 valence electrons. The molecule has 1 aliphatic heterocycles. The third-order valence-electron chi connectivity index (χ3n) is 5.52. The number of hydrogen-bond acceptors (Lipinski definition) is 7. The van der Waals surface area contributed by atoms with Gasteiger partial charge in [0.2, 0.25) is 0 Å². The molecule has 0 aliphatic carbocycles. The maximum atomic E-state index is 13.5. The van der Waals surface area contributed by atoms with Gasteiger partial charge in [0.05, 0.1) is 30.5 Å². The van der Waals surface area contributed by atoms with Crippen LogP contribution in [-0.4, -0.2) is 72.1 Å². The van der Waals surface area contributed by atoms with Crippen molar-refractivity contribution in [3.8, 4) is 5.75 Å². The van der Waals surface area contributed by atoms with Crippen molar-refractivity contribution >= 4 is 32.6 Å². The molecule has 0 spiro atoms. The van der Waals surface area contributed by atoms with E-state index in [9.17, 15) is 4.79 Å². The molecule has 31 heavy (non-hydrogen) atoms. The Morgan fingerprint density at radius 3 is 2.81 bits per heavy atom. The average molecular weight is 444 g/mol. The lowest BCUT2D eigenvalue weighted by atomic mass is 10.3. The van der Waals surface area contributed by atoms with E-state index in [1.807, 2.05) is 42.8 Å². The molecule has 8 nitrogen and oxygen atoms in total. The largest absolute Gasteiger partial charge is 0.497 e. The van der Waals surface area contributed by atoms with Crippen LogP contribution in [0.5, 0.6) is 5.75 Å². The van der Waals surface area contributed by atoms with Crippen LogP contribution < -0.4 is 9.64 Å². The van der Waals surface area contributed by atoms with Gasteiger partial charge in [-0.2, -0.15) is 5.10 Å². The fraction of sp³-hybridized carbons (Fsp3) is 0.500. The molecule has 9 heteroatoms. The highest BCUT2D eigenvalue weighted by Gasteiger charge is 2.24. The zero-order chi connectivity index (χ0) is 21.8. The summed E-state index contributed by atoms with van der Waals surface area (Å²) in [5.74, 6) is 0.675. The first-order valence-corrected chi connectivity index (χ1v) is 11.5. The van der Waals surface area contributed by atoms with Gasteiger partial charge in [0.25, 0.3) is 5.91 Å². The minimum atomic E-state index is -0.108. The van der Waals surface area contributed by atoms with Crippen molar-refractivity contribution in [2.45, 2.75) is 26.8 Å². The van der Waals surface area contributed by atoms with E-state index in [0.29, 0.717) is 17.4 Å². The van der Waals surface area contributed by atoms with Gasteiger partial charge in [-0.25, -0.2) is 4.98 Å². The Bertz CT molecular complexity index is 1040. The second-order valence-electron chi connectivity index (χ2n) is 7.58. The number of aryl methyl sites for hydroxylation is 2. The van der Waals surface area contributed by atoms with Gasteiger partial charge in [-0.3, -0.25) is 19.3 Å². The lowest BCUT2D eigenvalue weighted by molar-refractivity contribution is 0.0376. The number of ether oxygens (including phenoxy) is 2. The zero-order valence-corrected chi connectivity index (χ0v) is 19.2. The van der Waals surface area contributed by atoms with E-state index in [-0.39, 0.29) is 5.91 Å². The molecule has 4 rings (SSSR count). The normalized spacial score (nSPS) is 14.8. The van der Waals surface area contributed by atoms with Gasteiger partial charge in [-0.15, -0.1) is 0 Å². The number of hydrogen-bond donors (Lipinski definition) is 0. The number of benzene rings is 1. The lowest BCUT2D eigenvalue weighted by Crippen LogP contribution is -2.39. The first-order chi connectivity index (χ1) is 15.1. The summed E-state index contributed by atoms with van der Waals surface area (Å²) in [6, 6.07) is 7.64. The van der Waals surface area contributed by atoms with Gasteiger partial charge in [-0.05, 0) is 44.5 Å². The van der Waals surface area contributed by atoms with Gasteiger partial charge in [0.1, 0.15) is 5.75 Å². The van der Waals surface area contributed by atoms with E-state index in [4.69, 9.17) is 14.5 Å². The third kappa shape index (κ3) is 4.89. The maximum Gasteiger partial charge on any atom is 0.280 e. The van der Waals surface area contributed by atoms with Gasteiger partial charge < -0.3 is 9.47 Å². The Hall–Kier alpha value is -2.49. The molecule has 1 saturated heterocycles. The first kappa shape index (κ1) is 21.7. The van der Waals surface area contributed by atoms with Crippen molar-refractivity contribution in [3.05, 3.63) is 35.7 Å². The van der Waals surface area contributed by atoms with Gasteiger partial charge in [0.15, 0.2) is 10.8 Å². The van der Waals surface area contributed by atoms with Crippen molar-refractivity contribution in [3.63, 3.8) is 0 Å². The molecule has 1 fully saturated rings. The molecule has 3 heterocycles. The molecule has 0 N–H and O–H groups in total. The Morgan fingerprint density at radius 2 is 2.10 bits per heavy atom. The molecular weight excluding hydrogens is 414 g/mol. The highest BCUT2D eigenvalue weighted by Crippen LogP contribution is 2.32. The van der Waals surface area contributed by atoms with Crippen LogP contribution in [0.1, 0.15) is 29.5 Å². The number of carbonyl (C=O) groups is 1. The van der Waals surface area contributed by atoms with Crippen LogP contribution in [0.3, 0.4) is 0 Å². The van der Waals surface area contributed by atoms with Crippen LogP contribution in [0.15, 0.2) is 24.3 Å². The van der Waals surface area contributed by atoms with Crippen LogP contribution in [0, 0.1) is 6.92 Å². The molecule has 0 saturated carbocycles. The van der Waals surface area contributed by atoms with Crippen LogP contribution in [0.2, 0.25) is 0 Å². The topological polar surface area (TPSA) is 72.7 Å². The maximum absolute atomic E-state index is 13.5. The summed E-state index contributed by atoms with van der Waals surface area (Å²) in [5.41, 5.74) is 2.30. The molecule has 1 amide bonds. The fourth-order valence-corrected chi connectivity index (χ4v) is 4.79. The van der Waals surface area contributed by atoms with E-state index in [0.717, 1.165) is 67.5 Å². The van der Waals surface area contributed by atoms with Gasteiger partial charge in [-0.1, -0.05) is 11.3 Å². The van der Waals surface area contributed by atoms with Crippen molar-refractivity contribution in [1.29, 1.82) is 0 Å². The standard InChI is InChI=1S/C22H29N5O3S/c1-4-27-16(2)14-19(24-27)21(28)26(9-5-8-25-10-12-30-13-11-25)22-23-18-7-6-17(29-3)15-20(18)31-22/h6-7,14-15H,4-5,8-13H2,1-3H3. The minimum absolute atomic E-state index is 0.108. The van der Waals surface area contributed by atoms with Crippen LogP contribution >= 0.6 is 11.3 Å². The summed E-state index contributed by atoms with van der Waals surface area (Å²) in [6.45, 7) is 9.67. The highest BCUT2D eigenvalue weighted by atomic mass is 32.1. The number of fused-ring (bicyclic) bond motifs is 1. The van der Waals surface area contributed by atoms with Crippen molar-refractivity contribution < 1.29 is 14.3 Å². The van der Waals surface area contributed by atoms with E-state index < -0.39 is 0 Å². The van der Waals surface area contributed by atoms with E-state index in [1.54, 1.807) is 12.0 Å². The molecule has 0 radical (unpaired) electrons. The quantitative estimate of drug-likeness (QED) is 0.532. The Labute approximate surface area is 186 Å². The van der Waals surface area contributed by atoms with Crippen LogP contribution in [-0.2, 0) is 11.3 Å². The molecule has 0 bridgehead atoms. The fourth-order valence-electron chi connectivity index (χ4n) is 3.77. The average Bonchev–Trinajstić information content (AvgIpc) is 3.39. The SMILES string of the molecule is CCn1nc(C(=O)N(CCCN2CCOCC2)c2nc3ccc(OC)cc3s2)cc1C. The number of amides is 1. The molecule has 2 aromatic heterocycles. The Morgan fingerprint density at radius 1 is 1.29 bits per heavy atom. The molecular formula is C22H29N5O3S. The van der Waals surface area contributed by atoms with Gasteiger partial charge >= 0.3 is 0 Å². The van der Waals surface area contributed by atoms with Crippen molar-refractivity contribution in [2.75, 3.05) is 51.4 Å². The number of nitrogens with zero attached hydrogens (tertiary/aromatic N) is 5. The number of carbonyl (C=O) groups excluding carboxylic acids is 1. The number of rotatable bonds is 8. The number of thiazole rings is 1. The second kappa shape index (κ2) is 9.76. The highest BCUT2D eigenvalue weighted by molar-refractivity contribution is 7.22. The van der Waals surface area contributed by atoms with E-state index >= 15 is 0 Å².